The van der Waals surface area contributed by atoms with Gasteiger partial charge in [0.2, 0.25) is 27.5 Å². The second kappa shape index (κ2) is 14.0. The van der Waals surface area contributed by atoms with Crippen molar-refractivity contribution in [3.8, 4) is 17.4 Å². The average molecular weight is 627 g/mol. The van der Waals surface area contributed by atoms with Crippen molar-refractivity contribution in [1.82, 2.24) is 9.71 Å². The van der Waals surface area contributed by atoms with E-state index < -0.39 is 16.0 Å². The van der Waals surface area contributed by atoms with E-state index in [-0.39, 0.29) is 46.3 Å². The number of benzene rings is 3. The van der Waals surface area contributed by atoms with Crippen LogP contribution in [0.25, 0.3) is 4.85 Å². The van der Waals surface area contributed by atoms with Crippen LogP contribution in [0.3, 0.4) is 0 Å². The lowest BCUT2D eigenvalue weighted by atomic mass is 9.94. The molecular weight excluding hydrogens is 596 g/mol. The van der Waals surface area contributed by atoms with Crippen molar-refractivity contribution in [2.45, 2.75) is 49.1 Å². The van der Waals surface area contributed by atoms with Crippen LogP contribution < -0.4 is 19.5 Å². The summed E-state index contributed by atoms with van der Waals surface area (Å²) in [4.78, 5) is 31.4. The molecule has 0 radical (unpaired) electrons. The Hall–Kier alpha value is -5.25. The number of hydrogen-bond donors (Lipinski definition) is 3. The maximum absolute atomic E-state index is 12.8. The van der Waals surface area contributed by atoms with E-state index in [0.717, 1.165) is 0 Å². The van der Waals surface area contributed by atoms with Gasteiger partial charge in [0, 0.05) is 18.3 Å². The first-order valence-corrected chi connectivity index (χ1v) is 15.7. The predicted octanol–water partition coefficient (Wildman–Crippen LogP) is 5.97. The zero-order chi connectivity index (χ0) is 31.8. The standard InChI is InChI=1S/C33H30N4O7S/c1-34-29-8-4-5-9-30(29)45(41,42)37-23-11-13-24(14-12-23)43-25-15-17-26(18-16-25)44-32-19-10-22(21-35-32)20-31(38)36-28-7-3-2-6-27(28)33(39)40/h2-10,15-19,21,23-24,37H,11-14,20H2,(H,36,38)(H,39,40). The number of carboxylic acid groups (broad SMARTS) is 1. The lowest BCUT2D eigenvalue weighted by molar-refractivity contribution is -0.115. The van der Waals surface area contributed by atoms with Crippen LogP contribution in [0.2, 0.25) is 0 Å². The highest BCUT2D eigenvalue weighted by Crippen LogP contribution is 2.29. The highest BCUT2D eigenvalue weighted by molar-refractivity contribution is 7.89. The second-order valence-electron chi connectivity index (χ2n) is 10.4. The van der Waals surface area contributed by atoms with Gasteiger partial charge in [0.05, 0.1) is 35.2 Å². The molecule has 1 heterocycles. The summed E-state index contributed by atoms with van der Waals surface area (Å²) >= 11 is 0. The van der Waals surface area contributed by atoms with E-state index >= 15 is 0 Å². The minimum absolute atomic E-state index is 0.00400. The molecule has 3 N–H and O–H groups in total. The van der Waals surface area contributed by atoms with Crippen LogP contribution in [0.4, 0.5) is 11.4 Å². The SMILES string of the molecule is [C-]#[N+]c1ccccc1S(=O)(=O)NC1CCC(Oc2ccc(Oc3ccc(CC(=O)Nc4ccccc4C(=O)O)cn3)cc2)CC1. The van der Waals surface area contributed by atoms with Gasteiger partial charge in [-0.2, -0.15) is 0 Å². The number of rotatable bonds is 11. The summed E-state index contributed by atoms with van der Waals surface area (Å²) in [6.07, 6.45) is 4.06. The van der Waals surface area contributed by atoms with Crippen molar-refractivity contribution >= 4 is 33.3 Å². The van der Waals surface area contributed by atoms with Crippen molar-refractivity contribution in [2.75, 3.05) is 5.32 Å². The molecule has 1 amide bonds. The van der Waals surface area contributed by atoms with E-state index in [2.05, 4.69) is 19.9 Å². The predicted molar refractivity (Wildman–Crippen MR) is 166 cm³/mol. The number of aromatic carboxylic acids is 1. The minimum atomic E-state index is -3.79. The van der Waals surface area contributed by atoms with Crippen molar-refractivity contribution in [2.24, 2.45) is 0 Å². The van der Waals surface area contributed by atoms with Gasteiger partial charge in [0.1, 0.15) is 11.5 Å². The van der Waals surface area contributed by atoms with E-state index in [0.29, 0.717) is 48.6 Å². The van der Waals surface area contributed by atoms with E-state index in [1.54, 1.807) is 60.7 Å². The first kappa shape index (κ1) is 31.2. The molecule has 0 spiro atoms. The number of anilines is 1. The fraction of sp³-hybridized carbons (Fsp3) is 0.212. The van der Waals surface area contributed by atoms with Crippen LogP contribution in [0.15, 0.2) is 96.0 Å². The number of aromatic nitrogens is 1. The lowest BCUT2D eigenvalue weighted by Crippen LogP contribution is -2.39. The van der Waals surface area contributed by atoms with Crippen molar-refractivity contribution in [1.29, 1.82) is 0 Å². The van der Waals surface area contributed by atoms with Crippen LogP contribution in [-0.2, 0) is 21.2 Å². The van der Waals surface area contributed by atoms with Gasteiger partial charge in [-0.1, -0.05) is 42.5 Å². The summed E-state index contributed by atoms with van der Waals surface area (Å²) < 4.78 is 40.3. The molecule has 0 saturated heterocycles. The third kappa shape index (κ3) is 8.23. The fourth-order valence-electron chi connectivity index (χ4n) is 4.99. The van der Waals surface area contributed by atoms with Gasteiger partial charge < -0.3 is 19.9 Å². The number of ether oxygens (including phenoxy) is 2. The molecule has 4 aromatic rings. The molecule has 1 fully saturated rings. The molecular formula is C33H30N4O7S. The Morgan fingerprint density at radius 1 is 0.911 bits per heavy atom. The van der Waals surface area contributed by atoms with E-state index in [1.807, 2.05) is 0 Å². The average Bonchev–Trinajstić information content (AvgIpc) is 3.04. The van der Waals surface area contributed by atoms with E-state index in [4.69, 9.17) is 16.0 Å². The Morgan fingerprint density at radius 3 is 2.29 bits per heavy atom. The third-order valence-electron chi connectivity index (χ3n) is 7.21. The van der Waals surface area contributed by atoms with E-state index in [9.17, 15) is 23.1 Å². The molecule has 0 atom stereocenters. The molecule has 0 unspecified atom stereocenters. The van der Waals surface area contributed by atoms with Crippen molar-refractivity contribution < 1.29 is 32.6 Å². The third-order valence-corrected chi connectivity index (χ3v) is 8.78. The van der Waals surface area contributed by atoms with Crippen LogP contribution in [0, 0.1) is 6.57 Å². The van der Waals surface area contributed by atoms with Gasteiger partial charge in [-0.15, -0.1) is 0 Å². The Kier molecular flexibility index (Phi) is 9.72. The summed E-state index contributed by atoms with van der Waals surface area (Å²) in [5.74, 6) is 0.0522. The molecule has 1 aliphatic carbocycles. The summed E-state index contributed by atoms with van der Waals surface area (Å²) in [7, 11) is -3.79. The Balaban J connectivity index is 1.08. The molecule has 0 bridgehead atoms. The minimum Gasteiger partial charge on any atom is -0.490 e. The topological polar surface area (TPSA) is 148 Å². The lowest BCUT2D eigenvalue weighted by Gasteiger charge is -2.29. The number of nitrogens with zero attached hydrogens (tertiary/aromatic N) is 2. The molecule has 12 heteroatoms. The number of pyridine rings is 1. The van der Waals surface area contributed by atoms with Gasteiger partial charge in [0.25, 0.3) is 0 Å². The van der Waals surface area contributed by atoms with Crippen molar-refractivity contribution in [3.05, 3.63) is 114 Å². The molecule has 5 rings (SSSR count). The van der Waals surface area contributed by atoms with Gasteiger partial charge in [-0.25, -0.2) is 27.8 Å². The number of nitrogens with one attached hydrogen (secondary N) is 2. The van der Waals surface area contributed by atoms with Crippen LogP contribution >= 0.6 is 0 Å². The monoisotopic (exact) mass is 626 g/mol. The van der Waals surface area contributed by atoms with Crippen LogP contribution in [-0.4, -0.2) is 42.5 Å². The van der Waals surface area contributed by atoms with Gasteiger partial charge in [-0.3, -0.25) is 4.79 Å². The zero-order valence-electron chi connectivity index (χ0n) is 24.0. The second-order valence-corrected chi connectivity index (χ2v) is 12.1. The molecule has 230 valence electrons. The van der Waals surface area contributed by atoms with E-state index in [1.165, 1.54) is 30.5 Å². The van der Waals surface area contributed by atoms with Crippen molar-refractivity contribution in [3.63, 3.8) is 0 Å². The molecule has 1 aromatic heterocycles. The van der Waals surface area contributed by atoms with Gasteiger partial charge in [-0.05, 0) is 67.6 Å². The molecule has 1 saturated carbocycles. The fourth-order valence-corrected chi connectivity index (χ4v) is 6.44. The Bertz CT molecular complexity index is 1810. The molecule has 1 aliphatic rings. The maximum Gasteiger partial charge on any atom is 0.337 e. The summed E-state index contributed by atoms with van der Waals surface area (Å²) in [5.41, 5.74) is 0.974. The number of sulfonamides is 1. The summed E-state index contributed by atoms with van der Waals surface area (Å²) in [6, 6.07) is 22.6. The molecule has 3 aromatic carbocycles. The Labute approximate surface area is 260 Å². The number of carbonyl (C=O) groups excluding carboxylic acids is 1. The van der Waals surface area contributed by atoms with Gasteiger partial charge in [0.15, 0.2) is 0 Å². The number of carboxylic acids is 1. The largest absolute Gasteiger partial charge is 0.490 e. The number of carbonyl (C=O) groups is 2. The van der Waals surface area contributed by atoms with Crippen LogP contribution in [0.5, 0.6) is 17.4 Å². The highest BCUT2D eigenvalue weighted by Gasteiger charge is 2.28. The molecule has 0 aliphatic heterocycles. The Morgan fingerprint density at radius 2 is 1.60 bits per heavy atom. The maximum atomic E-state index is 12.8. The number of amides is 1. The highest BCUT2D eigenvalue weighted by atomic mass is 32.2. The molecule has 11 nitrogen and oxygen atoms in total. The summed E-state index contributed by atoms with van der Waals surface area (Å²) in [5, 5.41) is 11.9. The quantitative estimate of drug-likeness (QED) is 0.172. The van der Waals surface area contributed by atoms with Crippen LogP contribution in [0.1, 0.15) is 41.6 Å². The first-order valence-electron chi connectivity index (χ1n) is 14.2. The summed E-state index contributed by atoms with van der Waals surface area (Å²) in [6.45, 7) is 7.24. The number of para-hydroxylation sites is 2. The molecule has 45 heavy (non-hydrogen) atoms. The normalized spacial score (nSPS) is 16.2. The first-order chi connectivity index (χ1) is 21.7. The van der Waals surface area contributed by atoms with Gasteiger partial charge >= 0.3 is 5.97 Å². The smallest absolute Gasteiger partial charge is 0.337 e. The zero-order valence-corrected chi connectivity index (χ0v) is 24.9. The number of hydrogen-bond acceptors (Lipinski definition) is 7.